The minimum Gasteiger partial charge on any atom is -0.338 e. The zero-order valence-corrected chi connectivity index (χ0v) is 23.9. The number of hydrogen-bond donors (Lipinski definition) is 0. The molecular weight excluding hydrogens is 512 g/mol. The largest absolute Gasteiger partial charge is 0.338 e. The fourth-order valence-corrected chi connectivity index (χ4v) is 6.39. The maximum absolute atomic E-state index is 4.69. The Morgan fingerprint density at radius 2 is 1.48 bits per heavy atom. The van der Waals surface area contributed by atoms with Gasteiger partial charge in [-0.25, -0.2) is 15.0 Å². The maximum Gasteiger partial charge on any atom is 0.178 e. The minimum atomic E-state index is -0.00248. The van der Waals surface area contributed by atoms with Gasteiger partial charge in [0.2, 0.25) is 0 Å². The highest BCUT2D eigenvalue weighted by Crippen LogP contribution is 2.42. The Kier molecular flexibility index (Phi) is 5.78. The Bertz CT molecular complexity index is 1870. The zero-order valence-electron chi connectivity index (χ0n) is 23.0. The lowest BCUT2D eigenvalue weighted by atomic mass is 9.87. The summed E-state index contributed by atoms with van der Waals surface area (Å²) < 4.78 is 2.27. The molecule has 0 saturated heterocycles. The standard InChI is InChI=1S/C33H30N6S/c1-33(2,3)22-17-23(38-21-37(4)31-32(38)36-16-15-35-31)19-25(18-22)40-24-12-13-27-26-9-5-6-10-28(26)39(29(27)20-24)30-11-7-8-14-34-30/h5-20H,21H2,1-4H3. The highest BCUT2D eigenvalue weighted by molar-refractivity contribution is 7.99. The molecule has 1 aliphatic heterocycles. The molecule has 3 aromatic carbocycles. The third kappa shape index (κ3) is 4.18. The molecule has 6 aromatic rings. The van der Waals surface area contributed by atoms with Crippen molar-refractivity contribution in [3.8, 4) is 5.82 Å². The van der Waals surface area contributed by atoms with Crippen LogP contribution in [0.5, 0.6) is 0 Å². The molecule has 0 N–H and O–H groups in total. The summed E-state index contributed by atoms with van der Waals surface area (Å²) in [5, 5.41) is 2.46. The van der Waals surface area contributed by atoms with Crippen molar-refractivity contribution in [3.05, 3.63) is 103 Å². The summed E-state index contributed by atoms with van der Waals surface area (Å²) in [6.45, 7) is 7.51. The van der Waals surface area contributed by atoms with Crippen molar-refractivity contribution in [1.82, 2.24) is 19.5 Å². The molecule has 0 atom stereocenters. The van der Waals surface area contributed by atoms with Crippen LogP contribution in [0.2, 0.25) is 0 Å². The molecule has 7 heteroatoms. The van der Waals surface area contributed by atoms with Crippen LogP contribution in [0.1, 0.15) is 26.3 Å². The van der Waals surface area contributed by atoms with E-state index in [-0.39, 0.29) is 5.41 Å². The Balaban J connectivity index is 1.34. The number of nitrogens with zero attached hydrogens (tertiary/aromatic N) is 6. The van der Waals surface area contributed by atoms with Gasteiger partial charge in [-0.2, -0.15) is 0 Å². The van der Waals surface area contributed by atoms with E-state index >= 15 is 0 Å². The first kappa shape index (κ1) is 24.7. The number of anilines is 3. The second kappa shape index (κ2) is 9.38. The molecule has 1 aliphatic rings. The van der Waals surface area contributed by atoms with Crippen molar-refractivity contribution in [2.45, 2.75) is 36.0 Å². The Hall–Kier alpha value is -4.36. The van der Waals surface area contributed by atoms with Gasteiger partial charge in [-0.1, -0.05) is 62.9 Å². The number of rotatable bonds is 4. The van der Waals surface area contributed by atoms with Crippen LogP contribution >= 0.6 is 11.8 Å². The summed E-state index contributed by atoms with van der Waals surface area (Å²) >= 11 is 1.79. The SMILES string of the molecule is CN1CN(c2cc(Sc3ccc4c5ccccc5n(-c5ccccn5)c4c3)cc(C(C)(C)C)c2)c2nccnc21. The van der Waals surface area contributed by atoms with Crippen LogP contribution in [0.15, 0.2) is 107 Å². The molecule has 198 valence electrons. The Labute approximate surface area is 238 Å². The fraction of sp³-hybridized carbons (Fsp3) is 0.182. The first-order valence-electron chi connectivity index (χ1n) is 13.4. The lowest BCUT2D eigenvalue weighted by Gasteiger charge is -2.25. The van der Waals surface area contributed by atoms with Crippen LogP contribution in [-0.4, -0.2) is 33.2 Å². The van der Waals surface area contributed by atoms with E-state index in [0.717, 1.165) is 34.2 Å². The van der Waals surface area contributed by atoms with Crippen molar-refractivity contribution in [2.24, 2.45) is 0 Å². The molecule has 0 aliphatic carbocycles. The number of para-hydroxylation sites is 1. The molecule has 0 fully saturated rings. The van der Waals surface area contributed by atoms with Crippen molar-refractivity contribution in [3.63, 3.8) is 0 Å². The highest BCUT2D eigenvalue weighted by atomic mass is 32.2. The third-order valence-electron chi connectivity index (χ3n) is 7.46. The summed E-state index contributed by atoms with van der Waals surface area (Å²) in [5.74, 6) is 2.73. The molecule has 3 aromatic heterocycles. The van der Waals surface area contributed by atoms with Gasteiger partial charge in [0, 0.05) is 51.9 Å². The van der Waals surface area contributed by atoms with Gasteiger partial charge in [-0.05, 0) is 59.5 Å². The van der Waals surface area contributed by atoms with E-state index in [1.807, 2.05) is 18.3 Å². The lowest BCUT2D eigenvalue weighted by Crippen LogP contribution is -2.25. The Morgan fingerprint density at radius 3 is 2.27 bits per heavy atom. The summed E-state index contributed by atoms with van der Waals surface area (Å²) in [7, 11) is 2.06. The minimum absolute atomic E-state index is 0.00248. The van der Waals surface area contributed by atoms with E-state index in [4.69, 9.17) is 0 Å². The van der Waals surface area contributed by atoms with E-state index in [0.29, 0.717) is 6.67 Å². The summed E-state index contributed by atoms with van der Waals surface area (Å²) in [6, 6.07) is 28.3. The summed E-state index contributed by atoms with van der Waals surface area (Å²) in [5.41, 5.74) is 4.73. The van der Waals surface area contributed by atoms with Crippen LogP contribution in [0.4, 0.5) is 17.3 Å². The van der Waals surface area contributed by atoms with Gasteiger partial charge in [0.05, 0.1) is 17.7 Å². The quantitative estimate of drug-likeness (QED) is 0.225. The third-order valence-corrected chi connectivity index (χ3v) is 8.42. The van der Waals surface area contributed by atoms with E-state index in [1.54, 1.807) is 24.2 Å². The highest BCUT2D eigenvalue weighted by Gasteiger charge is 2.28. The molecule has 0 unspecified atom stereocenters. The van der Waals surface area contributed by atoms with Crippen LogP contribution < -0.4 is 9.80 Å². The first-order chi connectivity index (χ1) is 19.4. The van der Waals surface area contributed by atoms with Crippen LogP contribution in [0.3, 0.4) is 0 Å². The Morgan fingerprint density at radius 1 is 0.700 bits per heavy atom. The lowest BCUT2D eigenvalue weighted by molar-refractivity contribution is 0.588. The van der Waals surface area contributed by atoms with Crippen molar-refractivity contribution in [1.29, 1.82) is 0 Å². The zero-order chi connectivity index (χ0) is 27.4. The van der Waals surface area contributed by atoms with E-state index < -0.39 is 0 Å². The summed E-state index contributed by atoms with van der Waals surface area (Å²) in [6.07, 6.45) is 5.38. The van der Waals surface area contributed by atoms with E-state index in [9.17, 15) is 0 Å². The molecule has 0 radical (unpaired) electrons. The van der Waals surface area contributed by atoms with Gasteiger partial charge in [0.1, 0.15) is 5.82 Å². The molecule has 0 saturated carbocycles. The van der Waals surface area contributed by atoms with Crippen molar-refractivity contribution >= 4 is 50.9 Å². The van der Waals surface area contributed by atoms with Crippen LogP contribution in [0.25, 0.3) is 27.6 Å². The van der Waals surface area contributed by atoms with Gasteiger partial charge in [-0.15, -0.1) is 0 Å². The number of pyridine rings is 1. The monoisotopic (exact) mass is 542 g/mol. The molecule has 4 heterocycles. The number of fused-ring (bicyclic) bond motifs is 4. The van der Waals surface area contributed by atoms with Crippen molar-refractivity contribution in [2.75, 3.05) is 23.5 Å². The normalized spacial score (nSPS) is 13.4. The number of benzene rings is 3. The second-order valence-corrected chi connectivity index (χ2v) is 12.4. The smallest absolute Gasteiger partial charge is 0.178 e. The molecule has 7 rings (SSSR count). The van der Waals surface area contributed by atoms with Gasteiger partial charge in [-0.3, -0.25) is 4.57 Å². The van der Waals surface area contributed by atoms with Gasteiger partial charge in [0.15, 0.2) is 11.6 Å². The fourth-order valence-electron chi connectivity index (χ4n) is 5.45. The van der Waals surface area contributed by atoms with Crippen LogP contribution in [0, 0.1) is 0 Å². The maximum atomic E-state index is 4.69. The molecular formula is C33H30N6S. The molecule has 0 bridgehead atoms. The summed E-state index contributed by atoms with van der Waals surface area (Å²) in [4.78, 5) is 20.7. The van der Waals surface area contributed by atoms with Crippen molar-refractivity contribution < 1.29 is 0 Å². The second-order valence-electron chi connectivity index (χ2n) is 11.3. The average Bonchev–Trinajstić information content (AvgIpc) is 3.47. The van der Waals surface area contributed by atoms with E-state index in [1.165, 1.54) is 26.1 Å². The molecule has 0 spiro atoms. The molecule has 0 amide bonds. The molecule has 40 heavy (non-hydrogen) atoms. The van der Waals surface area contributed by atoms with Gasteiger partial charge >= 0.3 is 0 Å². The topological polar surface area (TPSA) is 50.1 Å². The van der Waals surface area contributed by atoms with E-state index in [2.05, 4.69) is 124 Å². The predicted octanol–water partition coefficient (Wildman–Crippen LogP) is 7.96. The van der Waals surface area contributed by atoms with Gasteiger partial charge < -0.3 is 9.80 Å². The average molecular weight is 543 g/mol. The van der Waals surface area contributed by atoms with Crippen LogP contribution in [-0.2, 0) is 5.41 Å². The molecule has 6 nitrogen and oxygen atoms in total. The predicted molar refractivity (Wildman–Crippen MR) is 165 cm³/mol. The van der Waals surface area contributed by atoms with Gasteiger partial charge in [0.25, 0.3) is 0 Å². The number of aromatic nitrogens is 4. The number of hydrogen-bond acceptors (Lipinski definition) is 6. The first-order valence-corrected chi connectivity index (χ1v) is 14.3.